The summed E-state index contributed by atoms with van der Waals surface area (Å²) >= 11 is 0. The zero-order valence-corrected chi connectivity index (χ0v) is 13.1. The first-order valence-corrected chi connectivity index (χ1v) is 9.04. The van der Waals surface area contributed by atoms with E-state index in [1.54, 1.807) is 12.1 Å². The van der Waals surface area contributed by atoms with Crippen LogP contribution in [0.3, 0.4) is 0 Å². The Hall–Kier alpha value is -1.07. The topological polar surface area (TPSA) is 63.2 Å². The number of hydrogen-bond acceptors (Lipinski definition) is 3. The Morgan fingerprint density at radius 1 is 1.15 bits per heavy atom. The molecule has 0 heterocycles. The molecule has 0 bridgehead atoms. The summed E-state index contributed by atoms with van der Waals surface area (Å²) in [6, 6.07) is 6.16. The number of nitrogens with one attached hydrogen (secondary N) is 1. The minimum atomic E-state index is -3.68. The zero-order valence-electron chi connectivity index (χ0n) is 11.6. The van der Waals surface area contributed by atoms with Gasteiger partial charge < -0.3 is 5.32 Å². The van der Waals surface area contributed by atoms with Crippen LogP contribution in [0.1, 0.15) is 44.6 Å². The van der Waals surface area contributed by atoms with Gasteiger partial charge in [-0.15, -0.1) is 0 Å². The number of rotatable bonds is 8. The highest BCUT2D eigenvalue weighted by Gasteiger charge is 2.09. The van der Waals surface area contributed by atoms with Crippen LogP contribution < -0.4 is 5.32 Å². The Morgan fingerprint density at radius 2 is 1.80 bits per heavy atom. The van der Waals surface area contributed by atoms with E-state index < -0.39 is 9.05 Å². The maximum Gasteiger partial charge on any atom is 0.261 e. The van der Waals surface area contributed by atoms with E-state index in [4.69, 9.17) is 10.7 Å². The Bertz CT molecular complexity index is 526. The molecule has 0 aliphatic rings. The van der Waals surface area contributed by atoms with Crippen molar-refractivity contribution < 1.29 is 13.2 Å². The predicted octanol–water partition coefficient (Wildman–Crippen LogP) is 3.20. The molecule has 1 aromatic rings. The average Bonchev–Trinajstić information content (AvgIpc) is 2.41. The molecule has 0 aliphatic carbocycles. The number of unbranched alkanes of at least 4 members (excludes halogenated alkanes) is 3. The van der Waals surface area contributed by atoms with Crippen LogP contribution in [0.15, 0.2) is 29.2 Å². The molecule has 1 N–H and O–H groups in total. The lowest BCUT2D eigenvalue weighted by molar-refractivity contribution is -0.121. The molecule has 0 radical (unpaired) electrons. The molecule has 0 fully saturated rings. The summed E-state index contributed by atoms with van der Waals surface area (Å²) in [5, 5.41) is 2.81. The lowest BCUT2D eigenvalue weighted by Gasteiger charge is -2.06. The van der Waals surface area contributed by atoms with Crippen LogP contribution in [0.5, 0.6) is 0 Å². The van der Waals surface area contributed by atoms with E-state index in [0.717, 1.165) is 31.2 Å². The van der Waals surface area contributed by atoms with Crippen molar-refractivity contribution in [3.8, 4) is 0 Å². The molecule has 20 heavy (non-hydrogen) atoms. The monoisotopic (exact) mass is 317 g/mol. The molecule has 0 unspecified atom stereocenters. The number of benzene rings is 1. The predicted molar refractivity (Wildman–Crippen MR) is 80.1 cm³/mol. The normalized spacial score (nSPS) is 11.3. The largest absolute Gasteiger partial charge is 0.352 e. The van der Waals surface area contributed by atoms with Crippen LogP contribution >= 0.6 is 10.7 Å². The summed E-state index contributed by atoms with van der Waals surface area (Å²) in [4.78, 5) is 11.6. The molecule has 0 aliphatic heterocycles. The van der Waals surface area contributed by atoms with E-state index in [1.165, 1.54) is 12.1 Å². The lowest BCUT2D eigenvalue weighted by Crippen LogP contribution is -2.22. The molecule has 0 saturated carbocycles. The third kappa shape index (κ3) is 6.39. The first kappa shape index (κ1) is 17.0. The van der Waals surface area contributed by atoms with Crippen molar-refractivity contribution in [3.63, 3.8) is 0 Å². The van der Waals surface area contributed by atoms with Gasteiger partial charge in [0.25, 0.3) is 9.05 Å². The fraction of sp³-hybridized carbons (Fsp3) is 0.500. The van der Waals surface area contributed by atoms with Crippen LogP contribution in [0.2, 0.25) is 0 Å². The summed E-state index contributed by atoms with van der Waals surface area (Å²) in [6.45, 7) is 2.53. The Balaban J connectivity index is 2.37. The second-order valence-corrected chi connectivity index (χ2v) is 7.24. The number of carbonyl (C=O) groups is 1. The van der Waals surface area contributed by atoms with Crippen molar-refractivity contribution in [1.82, 2.24) is 5.32 Å². The molecule has 1 aromatic carbocycles. The number of hydrogen-bond donors (Lipinski definition) is 1. The number of carbonyl (C=O) groups excluding carboxylic acids is 1. The van der Waals surface area contributed by atoms with E-state index in [9.17, 15) is 13.2 Å². The zero-order chi connectivity index (χ0) is 15.0. The smallest absolute Gasteiger partial charge is 0.261 e. The van der Waals surface area contributed by atoms with Gasteiger partial charge in [-0.3, -0.25) is 4.79 Å². The highest BCUT2D eigenvalue weighted by Crippen LogP contribution is 2.15. The van der Waals surface area contributed by atoms with Crippen LogP contribution in [0, 0.1) is 0 Å². The van der Waals surface area contributed by atoms with Crippen molar-refractivity contribution in [2.75, 3.05) is 0 Å². The Morgan fingerprint density at radius 3 is 2.35 bits per heavy atom. The molecule has 1 rings (SSSR count). The molecule has 1 amide bonds. The van der Waals surface area contributed by atoms with Gasteiger partial charge >= 0.3 is 0 Å². The van der Waals surface area contributed by atoms with Gasteiger partial charge in [-0.1, -0.05) is 38.3 Å². The van der Waals surface area contributed by atoms with E-state index in [-0.39, 0.29) is 10.8 Å². The average molecular weight is 318 g/mol. The van der Waals surface area contributed by atoms with E-state index >= 15 is 0 Å². The van der Waals surface area contributed by atoms with Gasteiger partial charge in [-0.2, -0.15) is 0 Å². The van der Waals surface area contributed by atoms with Crippen LogP contribution in [0.25, 0.3) is 0 Å². The van der Waals surface area contributed by atoms with Crippen molar-refractivity contribution in [3.05, 3.63) is 29.8 Å². The molecule has 0 saturated heterocycles. The fourth-order valence-electron chi connectivity index (χ4n) is 1.77. The summed E-state index contributed by atoms with van der Waals surface area (Å²) < 4.78 is 22.2. The van der Waals surface area contributed by atoms with E-state index in [2.05, 4.69) is 12.2 Å². The quantitative estimate of drug-likeness (QED) is 0.591. The van der Waals surface area contributed by atoms with Crippen LogP contribution in [0.4, 0.5) is 0 Å². The molecule has 0 atom stereocenters. The van der Waals surface area contributed by atoms with Gasteiger partial charge in [0, 0.05) is 23.6 Å². The minimum absolute atomic E-state index is 0.0233. The SMILES string of the molecule is CCCCCCC(=O)NCc1ccc(S(=O)(=O)Cl)cc1. The van der Waals surface area contributed by atoms with Crippen molar-refractivity contribution >= 4 is 25.6 Å². The summed E-state index contributed by atoms with van der Waals surface area (Å²) in [6.07, 6.45) is 4.82. The second-order valence-electron chi connectivity index (χ2n) is 4.67. The minimum Gasteiger partial charge on any atom is -0.352 e. The van der Waals surface area contributed by atoms with Gasteiger partial charge in [0.15, 0.2) is 0 Å². The highest BCUT2D eigenvalue weighted by molar-refractivity contribution is 8.13. The molecule has 0 aromatic heterocycles. The molecular formula is C14H20ClNO3S. The van der Waals surface area contributed by atoms with Gasteiger partial charge in [-0.05, 0) is 24.1 Å². The van der Waals surface area contributed by atoms with Crippen molar-refractivity contribution in [2.24, 2.45) is 0 Å². The third-order valence-electron chi connectivity index (χ3n) is 2.95. The molecule has 112 valence electrons. The van der Waals surface area contributed by atoms with Gasteiger partial charge in [0.1, 0.15) is 0 Å². The van der Waals surface area contributed by atoms with Crippen LogP contribution in [-0.4, -0.2) is 14.3 Å². The molecule has 4 nitrogen and oxygen atoms in total. The Labute approximate surface area is 124 Å². The lowest BCUT2D eigenvalue weighted by atomic mass is 10.1. The van der Waals surface area contributed by atoms with Crippen LogP contribution in [-0.2, 0) is 20.4 Å². The highest BCUT2D eigenvalue weighted by atomic mass is 35.7. The number of halogens is 1. The summed E-state index contributed by atoms with van der Waals surface area (Å²) in [5.41, 5.74) is 0.843. The number of amides is 1. The second kappa shape index (κ2) is 8.27. The molecule has 0 spiro atoms. The third-order valence-corrected chi connectivity index (χ3v) is 4.32. The molecular weight excluding hydrogens is 298 g/mol. The Kier molecular flexibility index (Phi) is 7.02. The maximum absolute atomic E-state index is 11.6. The van der Waals surface area contributed by atoms with Gasteiger partial charge in [0.05, 0.1) is 4.90 Å². The fourth-order valence-corrected chi connectivity index (χ4v) is 2.54. The summed E-state index contributed by atoms with van der Waals surface area (Å²) in [5.74, 6) is 0.0233. The van der Waals surface area contributed by atoms with Gasteiger partial charge in [0.2, 0.25) is 5.91 Å². The summed E-state index contributed by atoms with van der Waals surface area (Å²) in [7, 11) is 1.54. The van der Waals surface area contributed by atoms with Gasteiger partial charge in [-0.25, -0.2) is 8.42 Å². The van der Waals surface area contributed by atoms with E-state index in [0.29, 0.717) is 13.0 Å². The first-order chi connectivity index (χ1) is 9.43. The first-order valence-electron chi connectivity index (χ1n) is 6.74. The standard InChI is InChI=1S/C14H20ClNO3S/c1-2-3-4-5-6-14(17)16-11-12-7-9-13(10-8-12)20(15,18)19/h7-10H,2-6,11H2,1H3,(H,16,17). The van der Waals surface area contributed by atoms with Crippen molar-refractivity contribution in [1.29, 1.82) is 0 Å². The van der Waals surface area contributed by atoms with E-state index in [1.807, 2.05) is 0 Å². The molecule has 6 heteroatoms. The maximum atomic E-state index is 11.6. The van der Waals surface area contributed by atoms with Crippen molar-refractivity contribution in [2.45, 2.75) is 50.5 Å².